The summed E-state index contributed by atoms with van der Waals surface area (Å²) in [5.74, 6) is 0.0357. The summed E-state index contributed by atoms with van der Waals surface area (Å²) in [6.45, 7) is 0. The fourth-order valence-corrected chi connectivity index (χ4v) is 2.80. The van der Waals surface area contributed by atoms with Crippen molar-refractivity contribution in [2.75, 3.05) is 0 Å². The van der Waals surface area contributed by atoms with Gasteiger partial charge in [-0.2, -0.15) is 0 Å². The Hall–Kier alpha value is -1.78. The van der Waals surface area contributed by atoms with Gasteiger partial charge in [-0.25, -0.2) is 9.36 Å². The van der Waals surface area contributed by atoms with Crippen LogP contribution >= 0.6 is 27.5 Å². The Morgan fingerprint density at radius 2 is 1.80 bits per heavy atom. The summed E-state index contributed by atoms with van der Waals surface area (Å²) in [6.07, 6.45) is 0. The molecule has 3 aromatic rings. The number of nitrogens with zero attached hydrogens (tertiary/aromatic N) is 1. The maximum absolute atomic E-state index is 12.1. The van der Waals surface area contributed by atoms with E-state index < -0.39 is 5.76 Å². The van der Waals surface area contributed by atoms with Crippen LogP contribution in [-0.4, -0.2) is 4.57 Å². The molecule has 5 heteroatoms. The van der Waals surface area contributed by atoms with E-state index in [1.807, 2.05) is 30.3 Å². The van der Waals surface area contributed by atoms with Crippen LogP contribution in [0.15, 0.2) is 68.4 Å². The number of aromatic nitrogens is 1. The van der Waals surface area contributed by atoms with E-state index in [0.717, 1.165) is 5.56 Å². The predicted molar refractivity (Wildman–Crippen MR) is 82.5 cm³/mol. The highest BCUT2D eigenvalue weighted by Gasteiger charge is 2.17. The molecule has 0 saturated heterocycles. The average Bonchev–Trinajstić information content (AvgIpc) is 2.75. The first-order chi connectivity index (χ1) is 9.66. The van der Waals surface area contributed by atoms with Crippen molar-refractivity contribution in [3.63, 3.8) is 0 Å². The number of rotatable bonds is 2. The lowest BCUT2D eigenvalue weighted by Crippen LogP contribution is -2.11. The van der Waals surface area contributed by atoms with E-state index in [0.29, 0.717) is 21.1 Å². The zero-order valence-corrected chi connectivity index (χ0v) is 12.6. The molecule has 3 rings (SSSR count). The number of halogens is 2. The molecule has 0 aliphatic heterocycles. The first-order valence-electron chi connectivity index (χ1n) is 5.89. The van der Waals surface area contributed by atoms with Gasteiger partial charge in [0, 0.05) is 10.6 Å². The molecule has 0 fully saturated rings. The number of hydrogen-bond donors (Lipinski definition) is 0. The van der Waals surface area contributed by atoms with Crippen molar-refractivity contribution in [2.45, 2.75) is 0 Å². The van der Waals surface area contributed by atoms with Gasteiger partial charge in [-0.1, -0.05) is 48.0 Å². The molecule has 0 unspecified atom stereocenters. The molecule has 0 spiro atoms. The van der Waals surface area contributed by atoms with Gasteiger partial charge in [-0.3, -0.25) is 0 Å². The Balaban J connectivity index is 2.20. The molecular weight excluding hydrogens is 342 g/mol. The molecule has 0 radical (unpaired) electrons. The van der Waals surface area contributed by atoms with E-state index in [4.69, 9.17) is 16.0 Å². The number of oxazole rings is 1. The van der Waals surface area contributed by atoms with Crippen LogP contribution in [0.1, 0.15) is 0 Å². The summed E-state index contributed by atoms with van der Waals surface area (Å²) in [4.78, 5) is 12.1. The molecule has 0 N–H and O–H groups in total. The smallest absolute Gasteiger partial charge is 0.406 e. The van der Waals surface area contributed by atoms with E-state index in [-0.39, 0.29) is 0 Å². The van der Waals surface area contributed by atoms with Crippen LogP contribution < -0.4 is 5.76 Å². The van der Waals surface area contributed by atoms with E-state index in [1.54, 1.807) is 24.3 Å². The van der Waals surface area contributed by atoms with Crippen LogP contribution in [0, 0.1) is 0 Å². The Labute approximate surface area is 128 Å². The molecule has 1 heterocycles. The largest absolute Gasteiger partial charge is 0.425 e. The average molecular weight is 351 g/mol. The second kappa shape index (κ2) is 5.31. The normalized spacial score (nSPS) is 10.7. The summed E-state index contributed by atoms with van der Waals surface area (Å²) in [5.41, 5.74) is 1.48. The molecule has 0 aliphatic rings. The second-order valence-corrected chi connectivity index (χ2v) is 5.36. The van der Waals surface area contributed by atoms with Crippen LogP contribution in [0.5, 0.6) is 0 Å². The van der Waals surface area contributed by atoms with Crippen molar-refractivity contribution in [3.8, 4) is 17.0 Å². The predicted octanol–water partition coefficient (Wildman–Crippen LogP) is 4.51. The number of hydrogen-bond acceptors (Lipinski definition) is 2. The zero-order valence-electron chi connectivity index (χ0n) is 10.2. The van der Waals surface area contributed by atoms with Gasteiger partial charge in [-0.05, 0) is 34.1 Å². The van der Waals surface area contributed by atoms with Crippen molar-refractivity contribution in [1.82, 2.24) is 4.57 Å². The molecule has 2 aromatic carbocycles. The molecule has 0 saturated carbocycles. The van der Waals surface area contributed by atoms with Gasteiger partial charge in [0.2, 0.25) is 0 Å². The van der Waals surface area contributed by atoms with Crippen LogP contribution in [-0.2, 0) is 0 Å². The van der Waals surface area contributed by atoms with Crippen LogP contribution in [0.25, 0.3) is 17.0 Å². The summed E-state index contributed by atoms with van der Waals surface area (Å²) >= 11 is 9.39. The fourth-order valence-electron chi connectivity index (χ4n) is 1.96. The molecule has 0 aliphatic carbocycles. The lowest BCUT2D eigenvalue weighted by atomic mass is 10.2. The van der Waals surface area contributed by atoms with E-state index in [1.165, 1.54) is 4.57 Å². The Kier molecular flexibility index (Phi) is 3.51. The lowest BCUT2D eigenvalue weighted by molar-refractivity contribution is 0.516. The van der Waals surface area contributed by atoms with Crippen molar-refractivity contribution in [2.24, 2.45) is 0 Å². The van der Waals surface area contributed by atoms with Gasteiger partial charge in [0.1, 0.15) is 4.60 Å². The zero-order chi connectivity index (χ0) is 14.1. The van der Waals surface area contributed by atoms with Gasteiger partial charge < -0.3 is 4.42 Å². The quantitative estimate of drug-likeness (QED) is 0.681. The Bertz CT molecular complexity index is 808. The van der Waals surface area contributed by atoms with E-state index >= 15 is 0 Å². The molecule has 0 atom stereocenters. The minimum Gasteiger partial charge on any atom is -0.406 e. The molecule has 0 amide bonds. The van der Waals surface area contributed by atoms with E-state index in [2.05, 4.69) is 15.9 Å². The Morgan fingerprint density at radius 1 is 1.05 bits per heavy atom. The molecule has 0 bridgehead atoms. The maximum Gasteiger partial charge on any atom is 0.425 e. The van der Waals surface area contributed by atoms with Crippen LogP contribution in [0.4, 0.5) is 0 Å². The Morgan fingerprint density at radius 3 is 2.50 bits per heavy atom. The minimum absolute atomic E-state index is 0.460. The van der Waals surface area contributed by atoms with Crippen LogP contribution in [0.3, 0.4) is 0 Å². The molecule has 1 aromatic heterocycles. The third kappa shape index (κ3) is 2.32. The van der Waals surface area contributed by atoms with Crippen molar-refractivity contribution in [1.29, 1.82) is 0 Å². The molecule has 100 valence electrons. The highest BCUT2D eigenvalue weighted by molar-refractivity contribution is 9.10. The summed E-state index contributed by atoms with van der Waals surface area (Å²) in [7, 11) is 0. The van der Waals surface area contributed by atoms with E-state index in [9.17, 15) is 4.79 Å². The third-order valence-corrected chi connectivity index (χ3v) is 3.81. The van der Waals surface area contributed by atoms with Crippen molar-refractivity contribution >= 4 is 27.5 Å². The standard InChI is InChI=1S/C15H9BrClNO2/c16-14-13(10-5-2-1-3-6-10)20-15(19)18(14)12-8-4-7-11(17)9-12/h1-9H. The molecule has 20 heavy (non-hydrogen) atoms. The summed E-state index contributed by atoms with van der Waals surface area (Å²) < 4.78 is 7.35. The van der Waals surface area contributed by atoms with Gasteiger partial charge in [0.05, 0.1) is 5.69 Å². The first kappa shape index (κ1) is 13.2. The van der Waals surface area contributed by atoms with Crippen molar-refractivity contribution in [3.05, 3.63) is 74.8 Å². The maximum atomic E-state index is 12.1. The topological polar surface area (TPSA) is 35.1 Å². The summed E-state index contributed by atoms with van der Waals surface area (Å²) in [5, 5.41) is 0.559. The van der Waals surface area contributed by atoms with Gasteiger partial charge in [-0.15, -0.1) is 0 Å². The van der Waals surface area contributed by atoms with Gasteiger partial charge >= 0.3 is 5.76 Å². The molecular formula is C15H9BrClNO2. The first-order valence-corrected chi connectivity index (χ1v) is 7.06. The monoisotopic (exact) mass is 349 g/mol. The fraction of sp³-hybridized carbons (Fsp3) is 0. The minimum atomic E-state index is -0.460. The third-order valence-electron chi connectivity index (χ3n) is 2.86. The highest BCUT2D eigenvalue weighted by atomic mass is 79.9. The number of benzene rings is 2. The van der Waals surface area contributed by atoms with Gasteiger partial charge in [0.25, 0.3) is 0 Å². The summed E-state index contributed by atoms with van der Waals surface area (Å²) in [6, 6.07) is 16.5. The second-order valence-electron chi connectivity index (χ2n) is 4.17. The van der Waals surface area contributed by atoms with Gasteiger partial charge in [0.15, 0.2) is 5.76 Å². The molecule has 3 nitrogen and oxygen atoms in total. The SMILES string of the molecule is O=c1oc(-c2ccccc2)c(Br)n1-c1cccc(Cl)c1. The highest BCUT2D eigenvalue weighted by Crippen LogP contribution is 2.29. The lowest BCUT2D eigenvalue weighted by Gasteiger charge is -2.02. The van der Waals surface area contributed by atoms with Crippen LogP contribution in [0.2, 0.25) is 5.02 Å². The van der Waals surface area contributed by atoms with Crippen molar-refractivity contribution < 1.29 is 4.42 Å².